The third-order valence-electron chi connectivity index (χ3n) is 4.03. The van der Waals surface area contributed by atoms with Gasteiger partial charge in [0.25, 0.3) is 5.91 Å². The fourth-order valence-electron chi connectivity index (χ4n) is 2.63. The molecule has 3 N–H and O–H groups in total. The molecule has 0 unspecified atom stereocenters. The third kappa shape index (κ3) is 8.31. The van der Waals surface area contributed by atoms with Gasteiger partial charge in [0.2, 0.25) is 0 Å². The number of hydrogen-bond acceptors (Lipinski definition) is 3. The number of rotatable bonds is 8. The van der Waals surface area contributed by atoms with Crippen LogP contribution in [0.5, 0.6) is 5.75 Å². The van der Waals surface area contributed by atoms with Crippen molar-refractivity contribution in [2.24, 2.45) is 4.99 Å². The molecule has 10 heteroatoms. The Kier molecular flexibility index (Phi) is 11.4. The van der Waals surface area contributed by atoms with E-state index in [1.165, 1.54) is 12.1 Å². The van der Waals surface area contributed by atoms with Crippen LogP contribution in [0.25, 0.3) is 0 Å². The average molecular weight is 553 g/mol. The van der Waals surface area contributed by atoms with Crippen molar-refractivity contribution >= 4 is 47.4 Å². The Morgan fingerprint density at radius 1 is 1.20 bits per heavy atom. The SMILES string of the molecule is CN=C(NCCc1cccc(C(=O)NC)c1)NCc1cc(Cl)ccc1OC(F)F.I. The Morgan fingerprint density at radius 2 is 1.97 bits per heavy atom. The van der Waals surface area contributed by atoms with Gasteiger partial charge in [-0.1, -0.05) is 23.7 Å². The molecule has 0 heterocycles. The minimum atomic E-state index is -2.92. The fourth-order valence-corrected chi connectivity index (χ4v) is 2.83. The molecule has 0 radical (unpaired) electrons. The van der Waals surface area contributed by atoms with Crippen LogP contribution < -0.4 is 20.7 Å². The lowest BCUT2D eigenvalue weighted by molar-refractivity contribution is -0.0504. The molecule has 2 aromatic rings. The lowest BCUT2D eigenvalue weighted by Crippen LogP contribution is -2.38. The van der Waals surface area contributed by atoms with Crippen LogP contribution in [-0.2, 0) is 13.0 Å². The van der Waals surface area contributed by atoms with Crippen LogP contribution in [0.2, 0.25) is 5.02 Å². The molecule has 0 aromatic heterocycles. The molecule has 0 aliphatic rings. The summed E-state index contributed by atoms with van der Waals surface area (Å²) in [5, 5.41) is 9.20. The van der Waals surface area contributed by atoms with E-state index >= 15 is 0 Å². The smallest absolute Gasteiger partial charge is 0.387 e. The van der Waals surface area contributed by atoms with E-state index in [-0.39, 0.29) is 42.2 Å². The van der Waals surface area contributed by atoms with Crippen molar-refractivity contribution in [2.45, 2.75) is 19.6 Å². The summed E-state index contributed by atoms with van der Waals surface area (Å²) in [7, 11) is 3.19. The number of alkyl halides is 2. The summed E-state index contributed by atoms with van der Waals surface area (Å²) in [6, 6.07) is 11.8. The third-order valence-corrected chi connectivity index (χ3v) is 4.27. The van der Waals surface area contributed by atoms with Crippen LogP contribution in [0.4, 0.5) is 8.78 Å². The first-order valence-electron chi connectivity index (χ1n) is 8.91. The lowest BCUT2D eigenvalue weighted by Gasteiger charge is -2.15. The number of halogens is 4. The van der Waals surface area contributed by atoms with Crippen molar-refractivity contribution in [3.05, 3.63) is 64.2 Å². The molecule has 30 heavy (non-hydrogen) atoms. The maximum absolute atomic E-state index is 12.6. The largest absolute Gasteiger partial charge is 0.434 e. The van der Waals surface area contributed by atoms with Crippen LogP contribution in [0.1, 0.15) is 21.5 Å². The second-order valence-corrected chi connectivity index (χ2v) is 6.45. The van der Waals surface area contributed by atoms with Crippen molar-refractivity contribution in [1.82, 2.24) is 16.0 Å². The minimum Gasteiger partial charge on any atom is -0.434 e. The Balaban J connectivity index is 0.00000450. The zero-order chi connectivity index (χ0) is 21.2. The van der Waals surface area contributed by atoms with Crippen molar-refractivity contribution in [2.75, 3.05) is 20.6 Å². The summed E-state index contributed by atoms with van der Waals surface area (Å²) < 4.78 is 29.6. The molecule has 2 aromatic carbocycles. The van der Waals surface area contributed by atoms with Crippen LogP contribution >= 0.6 is 35.6 Å². The van der Waals surface area contributed by atoms with Gasteiger partial charge in [0.05, 0.1) is 0 Å². The van der Waals surface area contributed by atoms with E-state index in [2.05, 4.69) is 25.7 Å². The molecule has 164 valence electrons. The van der Waals surface area contributed by atoms with Gasteiger partial charge in [-0.15, -0.1) is 24.0 Å². The van der Waals surface area contributed by atoms with Crippen molar-refractivity contribution in [3.63, 3.8) is 0 Å². The highest BCUT2D eigenvalue weighted by atomic mass is 127. The number of aliphatic imine (C=N–C) groups is 1. The zero-order valence-corrected chi connectivity index (χ0v) is 19.6. The molecule has 0 atom stereocenters. The Bertz CT molecular complexity index is 868. The maximum Gasteiger partial charge on any atom is 0.387 e. The van der Waals surface area contributed by atoms with Gasteiger partial charge in [-0.3, -0.25) is 9.79 Å². The van der Waals surface area contributed by atoms with E-state index in [1.54, 1.807) is 26.2 Å². The molecular weight excluding hydrogens is 529 g/mol. The van der Waals surface area contributed by atoms with Crippen molar-refractivity contribution < 1.29 is 18.3 Å². The Hall–Kier alpha value is -2.14. The first-order valence-corrected chi connectivity index (χ1v) is 9.29. The summed E-state index contributed by atoms with van der Waals surface area (Å²) >= 11 is 5.95. The number of nitrogens with one attached hydrogen (secondary N) is 3. The van der Waals surface area contributed by atoms with Gasteiger partial charge in [0, 0.05) is 43.3 Å². The molecule has 0 saturated carbocycles. The summed E-state index contributed by atoms with van der Waals surface area (Å²) in [6.07, 6.45) is 0.669. The number of ether oxygens (including phenoxy) is 1. The van der Waals surface area contributed by atoms with Gasteiger partial charge in [-0.2, -0.15) is 8.78 Å². The molecule has 2 rings (SSSR count). The summed E-state index contributed by atoms with van der Waals surface area (Å²) in [6.45, 7) is -2.15. The standard InChI is InChI=1S/C20H23ClF2N4O2.HI/c1-24-18(28)14-5-3-4-13(10-14)8-9-26-20(25-2)27-12-15-11-16(21)6-7-17(15)29-19(22)23;/h3-7,10-11,19H,8-9,12H2,1-2H3,(H,24,28)(H2,25,26,27);1H. The molecule has 6 nitrogen and oxygen atoms in total. The van der Waals surface area contributed by atoms with Crippen molar-refractivity contribution in [1.29, 1.82) is 0 Å². The average Bonchev–Trinajstić information content (AvgIpc) is 2.71. The number of benzene rings is 2. The number of guanidine groups is 1. The molecular formula is C20H24ClF2IN4O2. The highest BCUT2D eigenvalue weighted by Crippen LogP contribution is 2.24. The molecule has 0 aliphatic carbocycles. The first-order chi connectivity index (χ1) is 13.9. The van der Waals surface area contributed by atoms with Crippen LogP contribution in [0.15, 0.2) is 47.5 Å². The van der Waals surface area contributed by atoms with E-state index in [0.717, 1.165) is 5.56 Å². The van der Waals surface area contributed by atoms with Gasteiger partial charge in [-0.05, 0) is 42.3 Å². The highest BCUT2D eigenvalue weighted by molar-refractivity contribution is 14.0. The summed E-state index contributed by atoms with van der Waals surface area (Å²) in [5.74, 6) is 0.412. The predicted octanol–water partition coefficient (Wildman–Crippen LogP) is 3.83. The van der Waals surface area contributed by atoms with Gasteiger partial charge in [-0.25, -0.2) is 0 Å². The zero-order valence-electron chi connectivity index (χ0n) is 16.5. The second-order valence-electron chi connectivity index (χ2n) is 6.01. The van der Waals surface area contributed by atoms with Gasteiger partial charge in [0.15, 0.2) is 5.96 Å². The van der Waals surface area contributed by atoms with Crippen LogP contribution in [0, 0.1) is 0 Å². The van der Waals surface area contributed by atoms with E-state index in [9.17, 15) is 13.6 Å². The van der Waals surface area contributed by atoms with Gasteiger partial charge >= 0.3 is 6.61 Å². The number of amides is 1. The predicted molar refractivity (Wildman–Crippen MR) is 125 cm³/mol. The lowest BCUT2D eigenvalue weighted by atomic mass is 10.1. The fraction of sp³-hybridized carbons (Fsp3) is 0.300. The van der Waals surface area contributed by atoms with Crippen molar-refractivity contribution in [3.8, 4) is 5.75 Å². The maximum atomic E-state index is 12.6. The molecule has 0 fully saturated rings. The monoisotopic (exact) mass is 552 g/mol. The van der Waals surface area contributed by atoms with Gasteiger partial charge < -0.3 is 20.7 Å². The number of carbonyl (C=O) groups is 1. The quantitative estimate of drug-likeness (QED) is 0.264. The summed E-state index contributed by atoms with van der Waals surface area (Å²) in [5.41, 5.74) is 2.08. The summed E-state index contributed by atoms with van der Waals surface area (Å²) in [4.78, 5) is 15.8. The Labute approximate surface area is 196 Å². The number of hydrogen-bond donors (Lipinski definition) is 3. The number of nitrogens with zero attached hydrogens (tertiary/aromatic N) is 1. The van der Waals surface area contributed by atoms with Gasteiger partial charge in [0.1, 0.15) is 5.75 Å². The van der Waals surface area contributed by atoms with E-state index < -0.39 is 6.61 Å². The Morgan fingerprint density at radius 3 is 2.63 bits per heavy atom. The number of carbonyl (C=O) groups excluding carboxylic acids is 1. The first kappa shape index (κ1) is 25.9. The normalized spacial score (nSPS) is 10.9. The van der Waals surface area contributed by atoms with E-state index in [1.807, 2.05) is 18.2 Å². The topological polar surface area (TPSA) is 74.8 Å². The van der Waals surface area contributed by atoms with Crippen LogP contribution in [0.3, 0.4) is 0 Å². The second kappa shape index (κ2) is 13.2. The molecule has 1 amide bonds. The molecule has 0 bridgehead atoms. The van der Waals surface area contributed by atoms with E-state index in [0.29, 0.717) is 35.1 Å². The molecule has 0 aliphatic heterocycles. The molecule has 0 saturated heterocycles. The minimum absolute atomic E-state index is 0. The van der Waals surface area contributed by atoms with Crippen LogP contribution in [-0.4, -0.2) is 39.1 Å². The van der Waals surface area contributed by atoms with E-state index in [4.69, 9.17) is 11.6 Å². The molecule has 0 spiro atoms. The highest BCUT2D eigenvalue weighted by Gasteiger charge is 2.11.